The van der Waals surface area contributed by atoms with Gasteiger partial charge in [-0.3, -0.25) is 0 Å². The van der Waals surface area contributed by atoms with Gasteiger partial charge in [-0.1, -0.05) is 0 Å². The largest absolute Gasteiger partial charge is 2.00 e. The third-order valence-corrected chi connectivity index (χ3v) is 1.32. The Morgan fingerprint density at radius 2 is 1.50 bits per heavy atom. The summed E-state index contributed by atoms with van der Waals surface area (Å²) < 4.78 is 0. The number of phenols is 3. The maximum absolute atomic E-state index is 10.3. The second kappa shape index (κ2) is 5.79. The van der Waals surface area contributed by atoms with Crippen molar-refractivity contribution < 1.29 is 28.1 Å². The van der Waals surface area contributed by atoms with Gasteiger partial charge in [-0.15, -0.1) is 12.4 Å². The minimum absolute atomic E-state index is 0. The van der Waals surface area contributed by atoms with Crippen molar-refractivity contribution in [3.8, 4) is 17.2 Å². The molecule has 0 spiro atoms. The van der Waals surface area contributed by atoms with Crippen LogP contribution in [0.1, 0.15) is 13.2 Å². The van der Waals surface area contributed by atoms with Crippen molar-refractivity contribution in [2.75, 3.05) is 0 Å². The zero-order valence-electron chi connectivity index (χ0n) is 8.97. The Kier molecular flexibility index (Phi) is 6.45. The molecule has 7 heteroatoms. The first-order valence-electron chi connectivity index (χ1n) is 3.00. The molecule has 5 nitrogen and oxygen atoms in total. The van der Waals surface area contributed by atoms with Crippen molar-refractivity contribution in [3.05, 3.63) is 17.7 Å². The summed E-state index contributed by atoms with van der Waals surface area (Å²) in [5, 5.41) is 35.0. The maximum Gasteiger partial charge on any atom is 2.00 e. The van der Waals surface area contributed by atoms with E-state index in [9.17, 15) is 4.79 Å². The van der Waals surface area contributed by atoms with E-state index in [0.717, 1.165) is 12.1 Å². The number of carboxylic acid groups (broad SMARTS) is 1. The van der Waals surface area contributed by atoms with Crippen LogP contribution in [0.4, 0.5) is 0 Å². The van der Waals surface area contributed by atoms with Crippen molar-refractivity contribution in [2.45, 2.75) is 0 Å². The van der Waals surface area contributed by atoms with Crippen LogP contribution in [0.2, 0.25) is 0 Å². The van der Waals surface area contributed by atoms with Crippen molar-refractivity contribution in [1.29, 1.82) is 0 Å². The molecule has 0 aliphatic carbocycles. The fraction of sp³-hybridized carbons (Fsp3) is 0. The molecule has 1 rings (SSSR count). The van der Waals surface area contributed by atoms with E-state index < -0.39 is 23.2 Å². The number of halogens is 1. The molecular weight excluding hydrogens is 224 g/mol. The van der Waals surface area contributed by atoms with E-state index in [0.29, 0.717) is 0 Å². The van der Waals surface area contributed by atoms with Gasteiger partial charge in [0.15, 0.2) is 17.2 Å². The second-order valence-electron chi connectivity index (χ2n) is 2.17. The van der Waals surface area contributed by atoms with Crippen LogP contribution in [0, 0.1) is 0 Å². The fourth-order valence-corrected chi connectivity index (χ4v) is 0.728. The standard InChI is InChI=1S/C7H6O5.ClH.Mg.2H/c8-4-1-3(7(11)12)2-5(9)6(4)10;;;;/h1-2,8-10H,(H,11,12);1H;;;/q;;+2;2*-1. The van der Waals surface area contributed by atoms with Crippen LogP contribution in [0.15, 0.2) is 12.1 Å². The topological polar surface area (TPSA) is 98.0 Å². The summed E-state index contributed by atoms with van der Waals surface area (Å²) >= 11 is 0. The van der Waals surface area contributed by atoms with Gasteiger partial charge in [0.25, 0.3) is 0 Å². The SMILES string of the molecule is Cl.O=C(O)c1cc(O)c(O)c(O)c1.[H-].[H-].[Mg+2]. The van der Waals surface area contributed by atoms with Crippen LogP contribution in [0.3, 0.4) is 0 Å². The molecule has 0 unspecified atom stereocenters. The number of carbonyl (C=O) groups is 1. The minimum atomic E-state index is -1.29. The molecule has 0 fully saturated rings. The first-order chi connectivity index (χ1) is 5.52. The molecule has 0 heterocycles. The Labute approximate surface area is 105 Å². The van der Waals surface area contributed by atoms with Crippen LogP contribution in [0.5, 0.6) is 17.2 Å². The van der Waals surface area contributed by atoms with Crippen molar-refractivity contribution in [1.82, 2.24) is 0 Å². The number of aromatic carboxylic acids is 1. The number of aromatic hydroxyl groups is 3. The van der Waals surface area contributed by atoms with Crippen LogP contribution in [-0.2, 0) is 0 Å². The smallest absolute Gasteiger partial charge is 1.00 e. The van der Waals surface area contributed by atoms with Crippen LogP contribution < -0.4 is 0 Å². The van der Waals surface area contributed by atoms with Crippen molar-refractivity contribution in [3.63, 3.8) is 0 Å². The third kappa shape index (κ3) is 3.13. The molecule has 0 bridgehead atoms. The molecule has 0 amide bonds. The van der Waals surface area contributed by atoms with E-state index in [-0.39, 0.29) is 43.9 Å². The van der Waals surface area contributed by atoms with Gasteiger partial charge in [0.05, 0.1) is 5.56 Å². The molecule has 76 valence electrons. The maximum atomic E-state index is 10.3. The van der Waals surface area contributed by atoms with Gasteiger partial charge in [0.1, 0.15) is 0 Å². The molecule has 1 aromatic carbocycles. The molecule has 0 atom stereocenters. The van der Waals surface area contributed by atoms with Gasteiger partial charge in [0.2, 0.25) is 0 Å². The average Bonchev–Trinajstić information content (AvgIpc) is 1.99. The molecule has 0 aliphatic rings. The molecule has 0 aromatic heterocycles. The van der Waals surface area contributed by atoms with Gasteiger partial charge in [-0.25, -0.2) is 4.79 Å². The van der Waals surface area contributed by atoms with E-state index >= 15 is 0 Å². The first-order valence-corrected chi connectivity index (χ1v) is 3.00. The summed E-state index contributed by atoms with van der Waals surface area (Å²) in [4.78, 5) is 10.3. The quantitative estimate of drug-likeness (QED) is 0.424. The van der Waals surface area contributed by atoms with Gasteiger partial charge in [-0.05, 0) is 12.1 Å². The zero-order chi connectivity index (χ0) is 9.30. The van der Waals surface area contributed by atoms with Crippen molar-refractivity contribution in [2.24, 2.45) is 0 Å². The summed E-state index contributed by atoms with van der Waals surface area (Å²) in [6.45, 7) is 0. The molecule has 4 N–H and O–H groups in total. The number of hydrogen-bond donors (Lipinski definition) is 4. The predicted molar refractivity (Wildman–Crippen MR) is 53.6 cm³/mol. The van der Waals surface area contributed by atoms with Gasteiger partial charge in [-0.2, -0.15) is 0 Å². The monoisotopic (exact) mass is 232 g/mol. The molecular formula is C7H9ClMgO5. The Bertz CT molecular complexity index is 327. The van der Waals surface area contributed by atoms with E-state index in [1.165, 1.54) is 0 Å². The minimum Gasteiger partial charge on any atom is -1.00 e. The van der Waals surface area contributed by atoms with E-state index in [2.05, 4.69) is 0 Å². The first kappa shape index (κ1) is 15.6. The van der Waals surface area contributed by atoms with E-state index in [4.69, 9.17) is 20.4 Å². The summed E-state index contributed by atoms with van der Waals surface area (Å²) in [7, 11) is 0. The van der Waals surface area contributed by atoms with Gasteiger partial charge in [0, 0.05) is 0 Å². The molecule has 0 radical (unpaired) electrons. The summed E-state index contributed by atoms with van der Waals surface area (Å²) in [6, 6.07) is 1.69. The normalized spacial score (nSPS) is 8.29. The molecule has 0 aliphatic heterocycles. The Morgan fingerprint density at radius 1 is 1.14 bits per heavy atom. The van der Waals surface area contributed by atoms with Crippen molar-refractivity contribution >= 4 is 41.4 Å². The Morgan fingerprint density at radius 3 is 1.79 bits per heavy atom. The summed E-state index contributed by atoms with van der Waals surface area (Å²) in [5.41, 5.74) is -0.289. The molecule has 14 heavy (non-hydrogen) atoms. The number of rotatable bonds is 1. The second-order valence-corrected chi connectivity index (χ2v) is 2.17. The number of benzene rings is 1. The summed E-state index contributed by atoms with van der Waals surface area (Å²) in [6.07, 6.45) is 0. The Balaban J connectivity index is -0.000000180. The predicted octanol–water partition coefficient (Wildman–Crippen LogP) is 0.768. The fourth-order valence-electron chi connectivity index (χ4n) is 0.728. The Hall–Kier alpha value is -0.854. The van der Waals surface area contributed by atoms with Gasteiger partial charge < -0.3 is 23.3 Å². The number of carboxylic acids is 1. The molecule has 1 aromatic rings. The van der Waals surface area contributed by atoms with Crippen LogP contribution in [0.25, 0.3) is 0 Å². The van der Waals surface area contributed by atoms with E-state index in [1.54, 1.807) is 0 Å². The number of hydrogen-bond acceptors (Lipinski definition) is 4. The van der Waals surface area contributed by atoms with Gasteiger partial charge >= 0.3 is 29.0 Å². The molecule has 0 saturated carbocycles. The zero-order valence-corrected chi connectivity index (χ0v) is 9.20. The summed E-state index contributed by atoms with van der Waals surface area (Å²) in [5.74, 6) is -3.33. The number of phenolic OH excluding ortho intramolecular Hbond substituents is 3. The van der Waals surface area contributed by atoms with E-state index in [1.807, 2.05) is 0 Å². The third-order valence-electron chi connectivity index (χ3n) is 1.32. The average molecular weight is 233 g/mol. The van der Waals surface area contributed by atoms with Crippen LogP contribution in [-0.4, -0.2) is 49.4 Å². The molecule has 0 saturated heterocycles. The van der Waals surface area contributed by atoms with Crippen LogP contribution >= 0.6 is 12.4 Å².